The molecule has 0 aliphatic heterocycles. The lowest BCUT2D eigenvalue weighted by atomic mass is 9.90. The second kappa shape index (κ2) is 13.3. The van der Waals surface area contributed by atoms with E-state index in [1.165, 1.54) is 32.3 Å². The molecule has 0 spiro atoms. The van der Waals surface area contributed by atoms with Crippen molar-refractivity contribution in [3.05, 3.63) is 183 Å². The maximum atomic E-state index is 4.88. The van der Waals surface area contributed by atoms with Crippen LogP contribution in [0.2, 0.25) is 0 Å². The van der Waals surface area contributed by atoms with Crippen LogP contribution in [0.25, 0.3) is 99.9 Å². The highest BCUT2D eigenvalue weighted by Gasteiger charge is 2.13. The molecule has 0 unspecified atom stereocenters. The van der Waals surface area contributed by atoms with E-state index in [9.17, 15) is 0 Å². The Labute approximate surface area is 311 Å². The van der Waals surface area contributed by atoms with Crippen molar-refractivity contribution in [3.63, 3.8) is 0 Å². The summed E-state index contributed by atoms with van der Waals surface area (Å²) in [6, 6.07) is 50.4. The van der Waals surface area contributed by atoms with Crippen LogP contribution in [0.3, 0.4) is 0 Å². The van der Waals surface area contributed by atoms with Crippen molar-refractivity contribution >= 4 is 32.3 Å². The maximum absolute atomic E-state index is 4.88. The van der Waals surface area contributed by atoms with Crippen molar-refractivity contribution in [1.82, 2.24) is 29.9 Å². The molecule has 0 saturated carbocycles. The molecule has 6 aromatic heterocycles. The molecular formula is C48H30N6. The van der Waals surface area contributed by atoms with Gasteiger partial charge in [0.15, 0.2) is 0 Å². The summed E-state index contributed by atoms with van der Waals surface area (Å²) < 4.78 is 0. The second-order valence-corrected chi connectivity index (χ2v) is 13.2. The minimum atomic E-state index is 0.822. The first kappa shape index (κ1) is 31.3. The van der Waals surface area contributed by atoms with Crippen LogP contribution in [0.1, 0.15) is 0 Å². The van der Waals surface area contributed by atoms with Crippen LogP contribution in [-0.4, -0.2) is 29.9 Å². The van der Waals surface area contributed by atoms with Crippen LogP contribution < -0.4 is 0 Å². The normalized spacial score (nSPS) is 11.3. The van der Waals surface area contributed by atoms with Crippen LogP contribution in [0.15, 0.2) is 183 Å². The van der Waals surface area contributed by atoms with E-state index in [1.807, 2.05) is 97.6 Å². The van der Waals surface area contributed by atoms with E-state index < -0.39 is 0 Å². The lowest BCUT2D eigenvalue weighted by Gasteiger charge is -2.14. The van der Waals surface area contributed by atoms with Crippen LogP contribution in [-0.2, 0) is 0 Å². The maximum Gasteiger partial charge on any atom is 0.0893 e. The summed E-state index contributed by atoms with van der Waals surface area (Å²) in [5.74, 6) is 0. The van der Waals surface area contributed by atoms with Crippen molar-refractivity contribution in [1.29, 1.82) is 0 Å². The van der Waals surface area contributed by atoms with Gasteiger partial charge in [0.1, 0.15) is 0 Å². The molecule has 0 saturated heterocycles. The minimum absolute atomic E-state index is 0.822. The zero-order chi connectivity index (χ0) is 35.8. The van der Waals surface area contributed by atoms with Gasteiger partial charge in [0, 0.05) is 59.4 Å². The number of fused-ring (bicyclic) bond motifs is 6. The van der Waals surface area contributed by atoms with E-state index in [4.69, 9.17) is 19.9 Å². The largest absolute Gasteiger partial charge is 0.264 e. The molecular weight excluding hydrogens is 661 g/mol. The zero-order valence-corrected chi connectivity index (χ0v) is 29.0. The summed E-state index contributed by atoms with van der Waals surface area (Å²) in [5, 5.41) is 7.29. The average Bonchev–Trinajstić information content (AvgIpc) is 3.27. The SMILES string of the molecule is c1cncc(-c2cccc(-c3ccc(-c4ccc5c6ccccc6c6ccc(-c7ccc(-c8cccc(-c9cccnc9)n8)nc7)cc6c5c4)cn3)n2)c1. The molecule has 252 valence electrons. The quantitative estimate of drug-likeness (QED) is 0.162. The second-order valence-electron chi connectivity index (χ2n) is 13.2. The van der Waals surface area contributed by atoms with E-state index in [0.717, 1.165) is 67.5 Å². The number of aromatic nitrogens is 6. The van der Waals surface area contributed by atoms with E-state index >= 15 is 0 Å². The van der Waals surface area contributed by atoms with Gasteiger partial charge in [-0.3, -0.25) is 19.9 Å². The Morgan fingerprint density at radius 2 is 0.704 bits per heavy atom. The standard InChI is InChI=1S/C48H30N6/c1-2-10-38-37(9-1)39-19-15-31(33-17-21-45(51-29-33)47-13-3-11-43(53-47)35-7-5-23-49-27-35)25-41(39)42-26-32(16-20-40(38)42)34-18-22-46(52-30-34)48-14-4-12-44(54-48)36-8-6-24-50-28-36/h1-30H. The van der Waals surface area contributed by atoms with Crippen LogP contribution in [0.4, 0.5) is 0 Å². The van der Waals surface area contributed by atoms with E-state index in [-0.39, 0.29) is 0 Å². The lowest BCUT2D eigenvalue weighted by molar-refractivity contribution is 1.24. The molecule has 10 rings (SSSR count). The number of pyridine rings is 6. The van der Waals surface area contributed by atoms with Crippen LogP contribution in [0.5, 0.6) is 0 Å². The first-order valence-corrected chi connectivity index (χ1v) is 17.8. The molecule has 0 bridgehead atoms. The summed E-state index contributed by atoms with van der Waals surface area (Å²) in [5.41, 5.74) is 11.3. The Morgan fingerprint density at radius 3 is 1.13 bits per heavy atom. The molecule has 0 aliphatic carbocycles. The van der Waals surface area contributed by atoms with E-state index in [1.54, 1.807) is 12.4 Å². The highest BCUT2D eigenvalue weighted by Crippen LogP contribution is 2.39. The van der Waals surface area contributed by atoms with E-state index in [2.05, 4.69) is 82.8 Å². The summed E-state index contributed by atoms with van der Waals surface area (Å²) in [6.07, 6.45) is 11.1. The monoisotopic (exact) mass is 690 g/mol. The van der Waals surface area contributed by atoms with Crippen LogP contribution >= 0.6 is 0 Å². The van der Waals surface area contributed by atoms with E-state index in [0.29, 0.717) is 0 Å². The number of benzene rings is 4. The molecule has 4 aromatic carbocycles. The zero-order valence-electron chi connectivity index (χ0n) is 29.0. The third-order valence-corrected chi connectivity index (χ3v) is 9.97. The molecule has 6 heterocycles. The van der Waals surface area contributed by atoms with Gasteiger partial charge in [-0.2, -0.15) is 0 Å². The fraction of sp³-hybridized carbons (Fsp3) is 0. The van der Waals surface area contributed by atoms with Gasteiger partial charge in [-0.15, -0.1) is 0 Å². The Morgan fingerprint density at radius 1 is 0.259 bits per heavy atom. The van der Waals surface area contributed by atoms with Gasteiger partial charge in [-0.05, 0) is 116 Å². The van der Waals surface area contributed by atoms with Crippen molar-refractivity contribution < 1.29 is 0 Å². The van der Waals surface area contributed by atoms with Crippen molar-refractivity contribution in [2.75, 3.05) is 0 Å². The summed E-state index contributed by atoms with van der Waals surface area (Å²) in [6.45, 7) is 0. The fourth-order valence-electron chi connectivity index (χ4n) is 7.25. The van der Waals surface area contributed by atoms with Gasteiger partial charge in [0.25, 0.3) is 0 Å². The Bertz CT molecular complexity index is 2760. The predicted octanol–water partition coefficient (Wildman–Crippen LogP) is 11.5. The van der Waals surface area contributed by atoms with Crippen molar-refractivity contribution in [2.24, 2.45) is 0 Å². The smallest absolute Gasteiger partial charge is 0.0893 e. The minimum Gasteiger partial charge on any atom is -0.264 e. The summed E-state index contributed by atoms with van der Waals surface area (Å²) in [4.78, 5) is 28.0. The fourth-order valence-corrected chi connectivity index (χ4v) is 7.25. The van der Waals surface area contributed by atoms with Crippen molar-refractivity contribution in [2.45, 2.75) is 0 Å². The number of hydrogen-bond donors (Lipinski definition) is 0. The Kier molecular flexibility index (Phi) is 7.69. The molecule has 0 amide bonds. The first-order chi connectivity index (χ1) is 26.7. The predicted molar refractivity (Wildman–Crippen MR) is 218 cm³/mol. The molecule has 54 heavy (non-hydrogen) atoms. The number of nitrogens with zero attached hydrogens (tertiary/aromatic N) is 6. The number of rotatable bonds is 6. The van der Waals surface area contributed by atoms with Crippen molar-refractivity contribution in [3.8, 4) is 67.5 Å². The van der Waals surface area contributed by atoms with Gasteiger partial charge in [-0.25, -0.2) is 9.97 Å². The van der Waals surface area contributed by atoms with Crippen LogP contribution in [0, 0.1) is 0 Å². The Balaban J connectivity index is 1.02. The highest BCUT2D eigenvalue weighted by atomic mass is 14.8. The third-order valence-electron chi connectivity index (χ3n) is 9.97. The first-order valence-electron chi connectivity index (χ1n) is 17.8. The van der Waals surface area contributed by atoms with Gasteiger partial charge in [0.05, 0.1) is 34.2 Å². The molecule has 0 aliphatic rings. The molecule has 0 atom stereocenters. The molecule has 0 N–H and O–H groups in total. The Hall–Kier alpha value is -7.44. The lowest BCUT2D eigenvalue weighted by Crippen LogP contribution is -1.92. The molecule has 10 aromatic rings. The molecule has 0 radical (unpaired) electrons. The average molecular weight is 691 g/mol. The molecule has 6 heteroatoms. The van der Waals surface area contributed by atoms with Gasteiger partial charge < -0.3 is 0 Å². The van der Waals surface area contributed by atoms with Gasteiger partial charge in [-0.1, -0.05) is 72.8 Å². The highest BCUT2D eigenvalue weighted by molar-refractivity contribution is 6.26. The summed E-state index contributed by atoms with van der Waals surface area (Å²) in [7, 11) is 0. The number of hydrogen-bond acceptors (Lipinski definition) is 6. The van der Waals surface area contributed by atoms with Gasteiger partial charge >= 0.3 is 0 Å². The molecule has 6 nitrogen and oxygen atoms in total. The third kappa shape index (κ3) is 5.72. The summed E-state index contributed by atoms with van der Waals surface area (Å²) >= 11 is 0. The molecule has 0 fully saturated rings. The topological polar surface area (TPSA) is 77.3 Å². The van der Waals surface area contributed by atoms with Gasteiger partial charge in [0.2, 0.25) is 0 Å².